The Labute approximate surface area is 165 Å². The number of hydrogen-bond donors (Lipinski definition) is 1. The van der Waals surface area contributed by atoms with Crippen molar-refractivity contribution in [2.24, 2.45) is 5.92 Å². The Kier molecular flexibility index (Phi) is 5.95. The molecule has 144 valence electrons. The van der Waals surface area contributed by atoms with E-state index in [1.165, 1.54) is 0 Å². The first-order valence-corrected chi connectivity index (χ1v) is 9.80. The number of carboxylic acid groups (broad SMARTS) is 1. The second-order valence-electron chi connectivity index (χ2n) is 7.45. The van der Waals surface area contributed by atoms with Crippen LogP contribution < -0.4 is 9.64 Å². The highest BCUT2D eigenvalue weighted by atomic mass is 35.5. The largest absolute Gasteiger partial charge is 0.490 e. The predicted molar refractivity (Wildman–Crippen MR) is 109 cm³/mol. The van der Waals surface area contributed by atoms with Gasteiger partial charge in [0.05, 0.1) is 11.7 Å². The van der Waals surface area contributed by atoms with Crippen LogP contribution in [0.5, 0.6) is 5.75 Å². The maximum absolute atomic E-state index is 11.6. The van der Waals surface area contributed by atoms with Crippen molar-refractivity contribution >= 4 is 23.3 Å². The number of aromatic carboxylic acids is 1. The summed E-state index contributed by atoms with van der Waals surface area (Å²) in [6.07, 6.45) is 1.81. The van der Waals surface area contributed by atoms with Gasteiger partial charge < -0.3 is 14.7 Å². The van der Waals surface area contributed by atoms with Crippen molar-refractivity contribution in [3.05, 3.63) is 58.1 Å². The summed E-state index contributed by atoms with van der Waals surface area (Å²) in [5.74, 6) is 0.371. The molecule has 0 spiro atoms. The Morgan fingerprint density at radius 3 is 2.74 bits per heavy atom. The lowest BCUT2D eigenvalue weighted by atomic mass is 9.95. The third-order valence-electron chi connectivity index (χ3n) is 5.21. The first kappa shape index (κ1) is 19.6. The number of ether oxygens (including phenoxy) is 1. The van der Waals surface area contributed by atoms with E-state index in [0.717, 1.165) is 42.0 Å². The molecule has 1 heterocycles. The number of carboxylic acids is 1. The van der Waals surface area contributed by atoms with E-state index in [-0.39, 0.29) is 6.10 Å². The van der Waals surface area contributed by atoms with Gasteiger partial charge in [0.2, 0.25) is 0 Å². The van der Waals surface area contributed by atoms with Gasteiger partial charge in [0.15, 0.2) is 0 Å². The molecule has 1 aliphatic heterocycles. The molecule has 0 saturated carbocycles. The maximum Gasteiger partial charge on any atom is 0.336 e. The van der Waals surface area contributed by atoms with E-state index in [4.69, 9.17) is 16.3 Å². The fourth-order valence-corrected chi connectivity index (χ4v) is 3.59. The molecule has 0 bridgehead atoms. The van der Waals surface area contributed by atoms with Crippen molar-refractivity contribution in [2.75, 3.05) is 11.4 Å². The predicted octanol–water partition coefficient (Wildman–Crippen LogP) is 5.41. The van der Waals surface area contributed by atoms with Crippen molar-refractivity contribution in [3.8, 4) is 5.75 Å². The number of anilines is 1. The summed E-state index contributed by atoms with van der Waals surface area (Å²) in [7, 11) is 0. The van der Waals surface area contributed by atoms with Gasteiger partial charge in [0.25, 0.3) is 0 Å². The van der Waals surface area contributed by atoms with Crippen molar-refractivity contribution < 1.29 is 14.6 Å². The van der Waals surface area contributed by atoms with Gasteiger partial charge in [0.1, 0.15) is 5.75 Å². The molecule has 2 aromatic rings. The monoisotopic (exact) mass is 387 g/mol. The van der Waals surface area contributed by atoms with Crippen molar-refractivity contribution in [1.82, 2.24) is 0 Å². The number of carbonyl (C=O) groups is 1. The first-order valence-electron chi connectivity index (χ1n) is 9.42. The minimum Gasteiger partial charge on any atom is -0.490 e. The SMILES string of the molecule is CC(C)C(C)Oc1ccc(Cl)cc1CN1CCCc2c(C(=O)O)cccc21. The lowest BCUT2D eigenvalue weighted by molar-refractivity contribution is 0.0695. The average Bonchev–Trinajstić information content (AvgIpc) is 2.63. The number of halogens is 1. The van der Waals surface area contributed by atoms with Gasteiger partial charge >= 0.3 is 5.97 Å². The zero-order chi connectivity index (χ0) is 19.6. The zero-order valence-corrected chi connectivity index (χ0v) is 16.8. The van der Waals surface area contributed by atoms with Crippen molar-refractivity contribution in [3.63, 3.8) is 0 Å². The summed E-state index contributed by atoms with van der Waals surface area (Å²) in [6.45, 7) is 7.85. The highest BCUT2D eigenvalue weighted by Crippen LogP contribution is 2.33. The van der Waals surface area contributed by atoms with Gasteiger partial charge in [-0.15, -0.1) is 0 Å². The first-order chi connectivity index (χ1) is 12.9. The highest BCUT2D eigenvalue weighted by molar-refractivity contribution is 6.30. The minimum atomic E-state index is -0.869. The Balaban J connectivity index is 1.92. The van der Waals surface area contributed by atoms with E-state index in [9.17, 15) is 9.90 Å². The molecule has 2 aromatic carbocycles. The van der Waals surface area contributed by atoms with Crippen LogP contribution in [-0.2, 0) is 13.0 Å². The van der Waals surface area contributed by atoms with Crippen molar-refractivity contribution in [1.29, 1.82) is 0 Å². The second kappa shape index (κ2) is 8.22. The van der Waals surface area contributed by atoms with Crippen LogP contribution in [0.1, 0.15) is 48.7 Å². The van der Waals surface area contributed by atoms with Gasteiger partial charge in [-0.2, -0.15) is 0 Å². The molecular weight excluding hydrogens is 362 g/mol. The molecule has 0 radical (unpaired) electrons. The molecule has 1 N–H and O–H groups in total. The molecule has 1 unspecified atom stereocenters. The van der Waals surface area contributed by atoms with E-state index >= 15 is 0 Å². The topological polar surface area (TPSA) is 49.8 Å². The molecule has 1 atom stereocenters. The number of hydrogen-bond acceptors (Lipinski definition) is 3. The maximum atomic E-state index is 11.6. The van der Waals surface area contributed by atoms with E-state index < -0.39 is 5.97 Å². The second-order valence-corrected chi connectivity index (χ2v) is 7.89. The third-order valence-corrected chi connectivity index (χ3v) is 5.45. The number of benzene rings is 2. The van der Waals surface area contributed by atoms with Crippen LogP contribution in [0.4, 0.5) is 5.69 Å². The van der Waals surface area contributed by atoms with Gasteiger partial charge in [-0.05, 0) is 61.6 Å². The Morgan fingerprint density at radius 1 is 1.26 bits per heavy atom. The van der Waals surface area contributed by atoms with E-state index in [2.05, 4.69) is 25.7 Å². The number of fused-ring (bicyclic) bond motifs is 1. The van der Waals surface area contributed by atoms with Gasteiger partial charge in [-0.3, -0.25) is 0 Å². The summed E-state index contributed by atoms with van der Waals surface area (Å²) in [5.41, 5.74) is 3.32. The molecule has 0 saturated heterocycles. The van der Waals surface area contributed by atoms with Gasteiger partial charge in [-0.1, -0.05) is 31.5 Å². The lowest BCUT2D eigenvalue weighted by Crippen LogP contribution is -2.30. The highest BCUT2D eigenvalue weighted by Gasteiger charge is 2.23. The normalized spacial score (nSPS) is 14.8. The molecule has 3 rings (SSSR count). The van der Waals surface area contributed by atoms with Crippen LogP contribution in [0.2, 0.25) is 5.02 Å². The van der Waals surface area contributed by atoms with E-state index in [1.54, 1.807) is 6.07 Å². The number of nitrogens with zero attached hydrogens (tertiary/aromatic N) is 1. The number of rotatable bonds is 6. The molecule has 0 amide bonds. The summed E-state index contributed by atoms with van der Waals surface area (Å²) in [5, 5.41) is 10.2. The summed E-state index contributed by atoms with van der Waals surface area (Å²) >= 11 is 6.25. The molecule has 0 aromatic heterocycles. The van der Waals surface area contributed by atoms with Crippen LogP contribution in [0.25, 0.3) is 0 Å². The van der Waals surface area contributed by atoms with Crippen molar-refractivity contribution in [2.45, 2.75) is 46.3 Å². The zero-order valence-electron chi connectivity index (χ0n) is 16.0. The summed E-state index contributed by atoms with van der Waals surface area (Å²) in [4.78, 5) is 13.8. The molecule has 1 aliphatic rings. The van der Waals surface area contributed by atoms with E-state index in [0.29, 0.717) is 23.0 Å². The van der Waals surface area contributed by atoms with Crippen LogP contribution in [0.15, 0.2) is 36.4 Å². The molecular formula is C22H26ClNO3. The Hall–Kier alpha value is -2.20. The lowest BCUT2D eigenvalue weighted by Gasteiger charge is -2.33. The standard InChI is InChI=1S/C22H26ClNO3/c1-14(2)15(3)27-21-10-9-17(23)12-16(21)13-24-11-5-7-18-19(22(25)26)6-4-8-20(18)24/h4,6,8-10,12,14-15H,5,7,11,13H2,1-3H3,(H,25,26). The summed E-state index contributed by atoms with van der Waals surface area (Å²) in [6, 6.07) is 11.2. The third kappa shape index (κ3) is 4.38. The van der Waals surface area contributed by atoms with Crippen LogP contribution in [0.3, 0.4) is 0 Å². The minimum absolute atomic E-state index is 0.0946. The smallest absolute Gasteiger partial charge is 0.336 e. The Morgan fingerprint density at radius 2 is 2.04 bits per heavy atom. The quantitative estimate of drug-likeness (QED) is 0.719. The molecule has 0 fully saturated rings. The molecule has 27 heavy (non-hydrogen) atoms. The Bertz CT molecular complexity index is 834. The van der Waals surface area contributed by atoms with Crippen LogP contribution in [0, 0.1) is 5.92 Å². The molecule has 0 aliphatic carbocycles. The van der Waals surface area contributed by atoms with Crippen LogP contribution >= 0.6 is 11.6 Å². The fraction of sp³-hybridized carbons (Fsp3) is 0.409. The average molecular weight is 388 g/mol. The van der Waals surface area contributed by atoms with Crippen LogP contribution in [-0.4, -0.2) is 23.7 Å². The van der Waals surface area contributed by atoms with E-state index in [1.807, 2.05) is 30.3 Å². The van der Waals surface area contributed by atoms with Gasteiger partial charge in [0, 0.05) is 29.4 Å². The fourth-order valence-electron chi connectivity index (χ4n) is 3.39. The molecule has 5 heteroatoms. The molecule has 4 nitrogen and oxygen atoms in total. The summed E-state index contributed by atoms with van der Waals surface area (Å²) < 4.78 is 6.17. The van der Waals surface area contributed by atoms with Gasteiger partial charge in [-0.25, -0.2) is 4.79 Å².